The van der Waals surface area contributed by atoms with Crippen LogP contribution in [0.3, 0.4) is 0 Å². The molecule has 1 heterocycles. The highest BCUT2D eigenvalue weighted by molar-refractivity contribution is 4.75. The molecule has 1 atom stereocenters. The topological polar surface area (TPSA) is 15.3 Å². The molecule has 1 unspecified atom stereocenters. The van der Waals surface area contributed by atoms with Crippen molar-refractivity contribution in [2.75, 3.05) is 19.6 Å². The molecule has 17 heavy (non-hydrogen) atoms. The maximum absolute atomic E-state index is 3.82. The van der Waals surface area contributed by atoms with Crippen LogP contribution in [-0.4, -0.2) is 36.6 Å². The summed E-state index contributed by atoms with van der Waals surface area (Å²) in [6.45, 7) is 10.8. The van der Waals surface area contributed by atoms with Gasteiger partial charge >= 0.3 is 0 Å². The van der Waals surface area contributed by atoms with Crippen LogP contribution in [0.5, 0.6) is 0 Å². The van der Waals surface area contributed by atoms with Gasteiger partial charge in [-0.05, 0) is 45.7 Å². The van der Waals surface area contributed by atoms with E-state index in [0.29, 0.717) is 6.04 Å². The number of rotatable bonds is 8. The monoisotopic (exact) mass is 240 g/mol. The maximum Gasteiger partial charge on any atom is 0.0169 e. The van der Waals surface area contributed by atoms with Gasteiger partial charge in [-0.25, -0.2) is 0 Å². The molecule has 1 fully saturated rings. The Labute approximate surface area is 108 Å². The van der Waals surface area contributed by atoms with Crippen molar-refractivity contribution in [1.82, 2.24) is 10.2 Å². The average molecular weight is 240 g/mol. The van der Waals surface area contributed by atoms with E-state index in [9.17, 15) is 0 Å². The fraction of sp³-hybridized carbons (Fsp3) is 1.00. The molecule has 0 spiro atoms. The molecule has 0 saturated carbocycles. The summed E-state index contributed by atoms with van der Waals surface area (Å²) in [6.07, 6.45) is 9.51. The van der Waals surface area contributed by atoms with Crippen molar-refractivity contribution in [3.8, 4) is 0 Å². The third kappa shape index (κ3) is 6.42. The standard InChI is InChI=1S/C15H32N2/c1-4-9-15(10-5-2)16-14(3)13-17-11-7-6-8-12-17/h14-16H,4-13H2,1-3H3. The molecule has 2 nitrogen and oxygen atoms in total. The van der Waals surface area contributed by atoms with Crippen molar-refractivity contribution < 1.29 is 0 Å². The van der Waals surface area contributed by atoms with Gasteiger partial charge in [-0.1, -0.05) is 33.1 Å². The highest BCUT2D eigenvalue weighted by Crippen LogP contribution is 2.10. The van der Waals surface area contributed by atoms with Gasteiger partial charge in [0.15, 0.2) is 0 Å². The van der Waals surface area contributed by atoms with Gasteiger partial charge in [0.1, 0.15) is 0 Å². The van der Waals surface area contributed by atoms with E-state index in [0.717, 1.165) is 6.04 Å². The summed E-state index contributed by atoms with van der Waals surface area (Å²) in [6, 6.07) is 1.39. The predicted molar refractivity (Wildman–Crippen MR) is 76.5 cm³/mol. The van der Waals surface area contributed by atoms with Crippen LogP contribution in [0, 0.1) is 0 Å². The van der Waals surface area contributed by atoms with Gasteiger partial charge in [0.25, 0.3) is 0 Å². The van der Waals surface area contributed by atoms with Crippen LogP contribution in [0.25, 0.3) is 0 Å². The molecular weight excluding hydrogens is 208 g/mol. The van der Waals surface area contributed by atoms with Crippen LogP contribution in [-0.2, 0) is 0 Å². The molecule has 0 aromatic carbocycles. The summed E-state index contributed by atoms with van der Waals surface area (Å²) in [5.74, 6) is 0. The lowest BCUT2D eigenvalue weighted by molar-refractivity contribution is 0.202. The molecule has 0 aliphatic carbocycles. The zero-order valence-corrected chi connectivity index (χ0v) is 12.2. The number of piperidine rings is 1. The largest absolute Gasteiger partial charge is 0.310 e. The van der Waals surface area contributed by atoms with E-state index in [2.05, 4.69) is 31.0 Å². The van der Waals surface area contributed by atoms with E-state index >= 15 is 0 Å². The van der Waals surface area contributed by atoms with E-state index in [1.54, 1.807) is 0 Å². The van der Waals surface area contributed by atoms with E-state index in [4.69, 9.17) is 0 Å². The number of nitrogens with one attached hydrogen (secondary N) is 1. The molecule has 0 radical (unpaired) electrons. The fourth-order valence-corrected chi connectivity index (χ4v) is 2.99. The molecular formula is C15H32N2. The van der Waals surface area contributed by atoms with Gasteiger partial charge in [0, 0.05) is 18.6 Å². The van der Waals surface area contributed by atoms with Gasteiger partial charge in [0.2, 0.25) is 0 Å². The van der Waals surface area contributed by atoms with E-state index in [-0.39, 0.29) is 0 Å². The first kappa shape index (κ1) is 15.0. The minimum Gasteiger partial charge on any atom is -0.310 e. The van der Waals surface area contributed by atoms with Crippen LogP contribution in [0.15, 0.2) is 0 Å². The second-order valence-electron chi connectivity index (χ2n) is 5.70. The SMILES string of the molecule is CCCC(CCC)NC(C)CN1CCCCC1. The van der Waals surface area contributed by atoms with Crippen molar-refractivity contribution in [1.29, 1.82) is 0 Å². The van der Waals surface area contributed by atoms with Crippen molar-refractivity contribution in [2.24, 2.45) is 0 Å². The summed E-state index contributed by atoms with van der Waals surface area (Å²) in [7, 11) is 0. The van der Waals surface area contributed by atoms with Gasteiger partial charge < -0.3 is 10.2 Å². The first-order valence-corrected chi connectivity index (χ1v) is 7.74. The molecule has 2 heteroatoms. The molecule has 0 aromatic rings. The van der Waals surface area contributed by atoms with Crippen molar-refractivity contribution >= 4 is 0 Å². The summed E-state index contributed by atoms with van der Waals surface area (Å²) in [5.41, 5.74) is 0. The average Bonchev–Trinajstić information content (AvgIpc) is 2.30. The number of hydrogen-bond donors (Lipinski definition) is 1. The molecule has 0 aromatic heterocycles. The lowest BCUT2D eigenvalue weighted by Gasteiger charge is -2.31. The van der Waals surface area contributed by atoms with Gasteiger partial charge in [-0.15, -0.1) is 0 Å². The second-order valence-corrected chi connectivity index (χ2v) is 5.70. The van der Waals surface area contributed by atoms with E-state index < -0.39 is 0 Å². The van der Waals surface area contributed by atoms with E-state index in [1.807, 2.05) is 0 Å². The Hall–Kier alpha value is -0.0800. The number of nitrogens with zero attached hydrogens (tertiary/aromatic N) is 1. The fourth-order valence-electron chi connectivity index (χ4n) is 2.99. The van der Waals surface area contributed by atoms with Crippen LogP contribution in [0.1, 0.15) is 65.7 Å². The molecule has 1 N–H and O–H groups in total. The molecule has 1 aliphatic heterocycles. The van der Waals surface area contributed by atoms with Crippen molar-refractivity contribution in [3.05, 3.63) is 0 Å². The molecule has 1 aliphatic rings. The third-order valence-corrected chi connectivity index (χ3v) is 3.78. The Kier molecular flexibility index (Phi) is 7.87. The van der Waals surface area contributed by atoms with E-state index in [1.165, 1.54) is 64.6 Å². The van der Waals surface area contributed by atoms with Crippen LogP contribution >= 0.6 is 0 Å². The summed E-state index contributed by atoms with van der Waals surface area (Å²) >= 11 is 0. The molecule has 1 saturated heterocycles. The zero-order valence-electron chi connectivity index (χ0n) is 12.2. The summed E-state index contributed by atoms with van der Waals surface area (Å²) in [4.78, 5) is 2.64. The predicted octanol–water partition coefficient (Wildman–Crippen LogP) is 3.42. The van der Waals surface area contributed by atoms with Crippen molar-refractivity contribution in [3.63, 3.8) is 0 Å². The normalized spacial score (nSPS) is 19.8. The van der Waals surface area contributed by atoms with Crippen LogP contribution in [0.4, 0.5) is 0 Å². The molecule has 0 amide bonds. The Bertz CT molecular complexity index is 170. The first-order chi connectivity index (χ1) is 8.26. The highest BCUT2D eigenvalue weighted by Gasteiger charge is 2.15. The Balaban J connectivity index is 2.22. The minimum atomic E-state index is 0.649. The quantitative estimate of drug-likeness (QED) is 0.699. The maximum atomic E-state index is 3.82. The summed E-state index contributed by atoms with van der Waals surface area (Å²) in [5, 5.41) is 3.82. The number of hydrogen-bond acceptors (Lipinski definition) is 2. The zero-order chi connectivity index (χ0) is 12.5. The first-order valence-electron chi connectivity index (χ1n) is 7.74. The molecule has 1 rings (SSSR count). The minimum absolute atomic E-state index is 0.649. The Morgan fingerprint density at radius 3 is 2.12 bits per heavy atom. The summed E-state index contributed by atoms with van der Waals surface area (Å²) < 4.78 is 0. The number of likely N-dealkylation sites (tertiary alicyclic amines) is 1. The Morgan fingerprint density at radius 1 is 1.00 bits per heavy atom. The molecule has 102 valence electrons. The van der Waals surface area contributed by atoms with Crippen LogP contribution in [0.2, 0.25) is 0 Å². The Morgan fingerprint density at radius 2 is 1.59 bits per heavy atom. The van der Waals surface area contributed by atoms with Crippen molar-refractivity contribution in [2.45, 2.75) is 77.8 Å². The molecule has 0 bridgehead atoms. The lowest BCUT2D eigenvalue weighted by Crippen LogP contribution is -2.45. The third-order valence-electron chi connectivity index (χ3n) is 3.78. The highest BCUT2D eigenvalue weighted by atomic mass is 15.2. The smallest absolute Gasteiger partial charge is 0.0169 e. The van der Waals surface area contributed by atoms with Gasteiger partial charge in [0.05, 0.1) is 0 Å². The second kappa shape index (κ2) is 8.93. The van der Waals surface area contributed by atoms with Gasteiger partial charge in [-0.2, -0.15) is 0 Å². The van der Waals surface area contributed by atoms with Crippen LogP contribution < -0.4 is 5.32 Å². The van der Waals surface area contributed by atoms with Gasteiger partial charge in [-0.3, -0.25) is 0 Å². The lowest BCUT2D eigenvalue weighted by atomic mass is 10.1.